The highest BCUT2D eigenvalue weighted by Crippen LogP contribution is 2.34. The molecule has 0 heterocycles. The van der Waals surface area contributed by atoms with Gasteiger partial charge in [0.1, 0.15) is 5.75 Å². The van der Waals surface area contributed by atoms with E-state index in [1.165, 1.54) is 7.11 Å². The Morgan fingerprint density at radius 2 is 2.19 bits per heavy atom. The summed E-state index contributed by atoms with van der Waals surface area (Å²) >= 11 is 3.33. The summed E-state index contributed by atoms with van der Waals surface area (Å²) in [6.07, 6.45) is 1.85. The standard InChI is InChI=1S/C14H17BrN2O4/c1-21-12-5-4-9(15)6-11(12)17-14(20)16-10(7-13(18)19)8-2-3-8/h4-6,8,10H,2-3,7H2,1H3,(H,18,19)(H2,16,17,20). The van der Waals surface area contributed by atoms with E-state index in [9.17, 15) is 9.59 Å². The second-order valence-electron chi connectivity index (χ2n) is 4.98. The van der Waals surface area contributed by atoms with Crippen LogP contribution in [0.1, 0.15) is 19.3 Å². The second-order valence-corrected chi connectivity index (χ2v) is 5.90. The number of hydrogen-bond acceptors (Lipinski definition) is 3. The molecule has 6 nitrogen and oxygen atoms in total. The number of carboxylic acids is 1. The molecule has 0 bridgehead atoms. The third-order valence-electron chi connectivity index (χ3n) is 3.31. The average Bonchev–Trinajstić information content (AvgIpc) is 3.21. The molecule has 1 aliphatic rings. The van der Waals surface area contributed by atoms with Gasteiger partial charge in [-0.2, -0.15) is 0 Å². The first-order chi connectivity index (χ1) is 9.99. The molecular formula is C14H17BrN2O4. The fourth-order valence-electron chi connectivity index (χ4n) is 2.13. The van der Waals surface area contributed by atoms with Crippen molar-refractivity contribution in [3.05, 3.63) is 22.7 Å². The lowest BCUT2D eigenvalue weighted by Gasteiger charge is -2.17. The highest BCUT2D eigenvalue weighted by atomic mass is 79.9. The van der Waals surface area contributed by atoms with Crippen molar-refractivity contribution in [2.75, 3.05) is 12.4 Å². The number of hydrogen-bond donors (Lipinski definition) is 3. The number of halogens is 1. The topological polar surface area (TPSA) is 87.7 Å². The fourth-order valence-corrected chi connectivity index (χ4v) is 2.49. The van der Waals surface area contributed by atoms with Crippen LogP contribution < -0.4 is 15.4 Å². The number of benzene rings is 1. The minimum absolute atomic E-state index is 0.0618. The van der Waals surface area contributed by atoms with Gasteiger partial charge < -0.3 is 20.5 Å². The molecule has 0 aromatic heterocycles. The van der Waals surface area contributed by atoms with E-state index in [1.807, 2.05) is 0 Å². The van der Waals surface area contributed by atoms with Crippen molar-refractivity contribution in [3.8, 4) is 5.75 Å². The zero-order chi connectivity index (χ0) is 15.4. The van der Waals surface area contributed by atoms with Gasteiger partial charge in [-0.25, -0.2) is 4.79 Å². The van der Waals surface area contributed by atoms with Gasteiger partial charge in [-0.3, -0.25) is 4.79 Å². The van der Waals surface area contributed by atoms with Crippen molar-refractivity contribution in [1.82, 2.24) is 5.32 Å². The Morgan fingerprint density at radius 1 is 1.48 bits per heavy atom. The quantitative estimate of drug-likeness (QED) is 0.731. The van der Waals surface area contributed by atoms with Gasteiger partial charge in [-0.05, 0) is 37.0 Å². The zero-order valence-corrected chi connectivity index (χ0v) is 13.1. The summed E-state index contributed by atoms with van der Waals surface area (Å²) < 4.78 is 5.98. The van der Waals surface area contributed by atoms with Crippen molar-refractivity contribution in [3.63, 3.8) is 0 Å². The van der Waals surface area contributed by atoms with Crippen molar-refractivity contribution < 1.29 is 19.4 Å². The normalized spacial score (nSPS) is 15.1. The third kappa shape index (κ3) is 4.63. The molecule has 1 atom stereocenters. The van der Waals surface area contributed by atoms with Gasteiger partial charge in [0.15, 0.2) is 0 Å². The predicted octanol–water partition coefficient (Wildman–Crippen LogP) is 2.83. The Bertz CT molecular complexity index is 546. The number of carbonyl (C=O) groups excluding carboxylic acids is 1. The molecule has 0 spiro atoms. The molecule has 2 rings (SSSR count). The molecule has 0 saturated heterocycles. The highest BCUT2D eigenvalue weighted by Gasteiger charge is 2.33. The van der Waals surface area contributed by atoms with Crippen molar-refractivity contribution in [2.45, 2.75) is 25.3 Å². The number of aliphatic carboxylic acids is 1. The number of ether oxygens (including phenoxy) is 1. The Kier molecular flexibility index (Phi) is 5.06. The number of amides is 2. The van der Waals surface area contributed by atoms with Crippen LogP contribution in [0.5, 0.6) is 5.75 Å². The minimum atomic E-state index is -0.910. The molecule has 1 unspecified atom stereocenters. The zero-order valence-electron chi connectivity index (χ0n) is 11.6. The van der Waals surface area contributed by atoms with Crippen LogP contribution in [0.3, 0.4) is 0 Å². The first-order valence-electron chi connectivity index (χ1n) is 6.62. The summed E-state index contributed by atoms with van der Waals surface area (Å²) in [5.41, 5.74) is 0.522. The van der Waals surface area contributed by atoms with E-state index in [-0.39, 0.29) is 18.4 Å². The molecule has 21 heavy (non-hydrogen) atoms. The largest absolute Gasteiger partial charge is 0.495 e. The second kappa shape index (κ2) is 6.80. The van der Waals surface area contributed by atoms with E-state index in [2.05, 4.69) is 26.6 Å². The minimum Gasteiger partial charge on any atom is -0.495 e. The molecule has 0 radical (unpaired) electrons. The molecule has 1 fully saturated rings. The summed E-state index contributed by atoms with van der Waals surface area (Å²) in [5, 5.41) is 14.3. The van der Waals surface area contributed by atoms with Gasteiger partial charge in [0.25, 0.3) is 0 Å². The fraction of sp³-hybridized carbons (Fsp3) is 0.429. The van der Waals surface area contributed by atoms with Gasteiger partial charge in [0.05, 0.1) is 19.2 Å². The lowest BCUT2D eigenvalue weighted by atomic mass is 10.1. The van der Waals surface area contributed by atoms with Crippen LogP contribution in [0.25, 0.3) is 0 Å². The number of anilines is 1. The van der Waals surface area contributed by atoms with E-state index >= 15 is 0 Å². The number of rotatable bonds is 6. The first kappa shape index (κ1) is 15.6. The van der Waals surface area contributed by atoms with Gasteiger partial charge >= 0.3 is 12.0 Å². The maximum Gasteiger partial charge on any atom is 0.319 e. The Morgan fingerprint density at radius 3 is 2.76 bits per heavy atom. The van der Waals surface area contributed by atoms with Crippen LogP contribution >= 0.6 is 15.9 Å². The average molecular weight is 357 g/mol. The lowest BCUT2D eigenvalue weighted by molar-refractivity contribution is -0.137. The lowest BCUT2D eigenvalue weighted by Crippen LogP contribution is -2.40. The first-order valence-corrected chi connectivity index (χ1v) is 7.41. The van der Waals surface area contributed by atoms with E-state index in [1.54, 1.807) is 18.2 Å². The summed E-state index contributed by atoms with van der Waals surface area (Å²) in [7, 11) is 1.52. The van der Waals surface area contributed by atoms with Crippen molar-refractivity contribution >= 4 is 33.6 Å². The summed E-state index contributed by atoms with van der Waals surface area (Å²) in [6.45, 7) is 0. The van der Waals surface area contributed by atoms with Gasteiger partial charge in [0, 0.05) is 10.5 Å². The monoisotopic (exact) mass is 356 g/mol. The summed E-state index contributed by atoms with van der Waals surface area (Å²) in [6, 6.07) is 4.50. The highest BCUT2D eigenvalue weighted by molar-refractivity contribution is 9.10. The molecule has 114 valence electrons. The SMILES string of the molecule is COc1ccc(Br)cc1NC(=O)NC(CC(=O)O)C1CC1. The summed E-state index contributed by atoms with van der Waals surface area (Å²) in [4.78, 5) is 22.9. The molecule has 1 aromatic rings. The molecule has 1 aliphatic carbocycles. The van der Waals surface area contributed by atoms with Crippen molar-refractivity contribution in [1.29, 1.82) is 0 Å². The molecule has 0 aliphatic heterocycles. The smallest absolute Gasteiger partial charge is 0.319 e. The van der Waals surface area contributed by atoms with Crippen LogP contribution in [0.2, 0.25) is 0 Å². The van der Waals surface area contributed by atoms with Crippen LogP contribution in [0.15, 0.2) is 22.7 Å². The molecule has 2 amide bonds. The van der Waals surface area contributed by atoms with Crippen LogP contribution in [0, 0.1) is 5.92 Å². The van der Waals surface area contributed by atoms with E-state index in [4.69, 9.17) is 9.84 Å². The summed E-state index contributed by atoms with van der Waals surface area (Å²) in [5.74, 6) is -0.113. The number of carboxylic acid groups (broad SMARTS) is 1. The predicted molar refractivity (Wildman–Crippen MR) is 81.6 cm³/mol. The number of urea groups is 1. The molecule has 1 saturated carbocycles. The van der Waals surface area contributed by atoms with Crippen molar-refractivity contribution in [2.24, 2.45) is 5.92 Å². The van der Waals surface area contributed by atoms with Gasteiger partial charge in [-0.1, -0.05) is 15.9 Å². The van der Waals surface area contributed by atoms with Crippen LogP contribution in [0.4, 0.5) is 10.5 Å². The van der Waals surface area contributed by atoms with E-state index in [0.29, 0.717) is 11.4 Å². The Balaban J connectivity index is 2.00. The number of carbonyl (C=O) groups is 2. The molecule has 1 aromatic carbocycles. The maximum absolute atomic E-state index is 12.0. The number of methoxy groups -OCH3 is 1. The molecule has 3 N–H and O–H groups in total. The van der Waals surface area contributed by atoms with Crippen LogP contribution in [-0.4, -0.2) is 30.3 Å². The maximum atomic E-state index is 12.0. The molecule has 7 heteroatoms. The Hall–Kier alpha value is -1.76. The molecular weight excluding hydrogens is 340 g/mol. The van der Waals surface area contributed by atoms with E-state index in [0.717, 1.165) is 17.3 Å². The third-order valence-corrected chi connectivity index (χ3v) is 3.81. The number of nitrogens with one attached hydrogen (secondary N) is 2. The Labute approximate surface area is 131 Å². The van der Waals surface area contributed by atoms with Gasteiger partial charge in [-0.15, -0.1) is 0 Å². The van der Waals surface area contributed by atoms with Gasteiger partial charge in [0.2, 0.25) is 0 Å². The van der Waals surface area contributed by atoms with E-state index < -0.39 is 12.0 Å². The van der Waals surface area contributed by atoms with Crippen LogP contribution in [-0.2, 0) is 4.79 Å².